The van der Waals surface area contributed by atoms with Gasteiger partial charge in [0.15, 0.2) is 0 Å². The number of amides is 1. The van der Waals surface area contributed by atoms with E-state index in [1.165, 1.54) is 0 Å². The topological polar surface area (TPSA) is 59.6 Å². The van der Waals surface area contributed by atoms with Crippen molar-refractivity contribution in [2.75, 3.05) is 20.3 Å². The molecule has 0 spiro atoms. The van der Waals surface area contributed by atoms with Crippen LogP contribution >= 0.6 is 0 Å². The molecule has 5 nitrogen and oxygen atoms in total. The van der Waals surface area contributed by atoms with E-state index in [0.29, 0.717) is 25.7 Å². The lowest BCUT2D eigenvalue weighted by atomic mass is 10.1. The molecule has 1 fully saturated rings. The van der Waals surface area contributed by atoms with E-state index in [1.807, 2.05) is 25.2 Å². The molecule has 2 aliphatic rings. The Bertz CT molecular complexity index is 500. The molecule has 0 bridgehead atoms. The van der Waals surface area contributed by atoms with Crippen LogP contribution in [0.5, 0.6) is 11.5 Å². The zero-order chi connectivity index (χ0) is 13.9. The maximum Gasteiger partial charge on any atom is 0.223 e. The van der Waals surface area contributed by atoms with Crippen LogP contribution in [-0.4, -0.2) is 32.2 Å². The minimum Gasteiger partial charge on any atom is -0.493 e. The fraction of sp³-hybridized carbons (Fsp3) is 0.533. The van der Waals surface area contributed by atoms with Crippen molar-refractivity contribution in [1.82, 2.24) is 10.6 Å². The minimum atomic E-state index is 0.0696. The van der Waals surface area contributed by atoms with Crippen LogP contribution < -0.4 is 20.1 Å². The Balaban J connectivity index is 1.49. The molecule has 1 heterocycles. The Morgan fingerprint density at radius 3 is 3.05 bits per heavy atom. The lowest BCUT2D eigenvalue weighted by Gasteiger charge is -2.09. The van der Waals surface area contributed by atoms with E-state index in [4.69, 9.17) is 9.47 Å². The van der Waals surface area contributed by atoms with Gasteiger partial charge in [0.2, 0.25) is 5.91 Å². The summed E-state index contributed by atoms with van der Waals surface area (Å²) in [5.41, 5.74) is 1.16. The predicted molar refractivity (Wildman–Crippen MR) is 75.0 cm³/mol. The van der Waals surface area contributed by atoms with E-state index in [2.05, 4.69) is 10.6 Å². The van der Waals surface area contributed by atoms with E-state index < -0.39 is 0 Å². The molecular formula is C15H20N2O3. The Hall–Kier alpha value is -1.75. The van der Waals surface area contributed by atoms with Gasteiger partial charge in [-0.25, -0.2) is 0 Å². The predicted octanol–water partition coefficient (Wildman–Crippen LogP) is 1.39. The van der Waals surface area contributed by atoms with Crippen LogP contribution in [0.25, 0.3) is 0 Å². The Labute approximate surface area is 118 Å². The zero-order valence-electron chi connectivity index (χ0n) is 11.6. The van der Waals surface area contributed by atoms with Gasteiger partial charge in [0.05, 0.1) is 19.1 Å². The van der Waals surface area contributed by atoms with Crippen LogP contribution in [0, 0.1) is 0 Å². The molecule has 20 heavy (non-hydrogen) atoms. The molecule has 1 amide bonds. The number of benzene rings is 1. The van der Waals surface area contributed by atoms with Crippen LogP contribution in [0.2, 0.25) is 0 Å². The Kier molecular flexibility index (Phi) is 3.78. The number of hydrogen-bond donors (Lipinski definition) is 2. The monoisotopic (exact) mass is 276 g/mol. The first-order valence-corrected chi connectivity index (χ1v) is 7.12. The third-order valence-electron chi connectivity index (χ3n) is 3.65. The van der Waals surface area contributed by atoms with E-state index in [-0.39, 0.29) is 11.9 Å². The highest BCUT2D eigenvalue weighted by Gasteiger charge is 2.24. The highest BCUT2D eigenvalue weighted by molar-refractivity contribution is 5.76. The first kappa shape index (κ1) is 13.2. The summed E-state index contributed by atoms with van der Waals surface area (Å²) in [7, 11) is 1.92. The van der Waals surface area contributed by atoms with Gasteiger partial charge in [0, 0.05) is 17.7 Å². The van der Waals surface area contributed by atoms with Gasteiger partial charge in [-0.2, -0.15) is 0 Å². The van der Waals surface area contributed by atoms with Crippen molar-refractivity contribution in [3.63, 3.8) is 0 Å². The molecule has 1 aromatic rings. The first-order chi connectivity index (χ1) is 9.76. The third-order valence-corrected chi connectivity index (χ3v) is 3.65. The molecule has 1 unspecified atom stereocenters. The maximum atomic E-state index is 11.5. The maximum absolute atomic E-state index is 11.5. The van der Waals surface area contributed by atoms with Gasteiger partial charge in [-0.3, -0.25) is 4.79 Å². The van der Waals surface area contributed by atoms with Crippen molar-refractivity contribution in [3.8, 4) is 11.5 Å². The molecule has 2 N–H and O–H groups in total. The molecule has 1 aliphatic carbocycles. The van der Waals surface area contributed by atoms with Crippen LogP contribution in [0.4, 0.5) is 0 Å². The normalized spacial score (nSPS) is 20.1. The third kappa shape index (κ3) is 3.04. The smallest absolute Gasteiger partial charge is 0.223 e. The Morgan fingerprint density at radius 1 is 1.45 bits per heavy atom. The lowest BCUT2D eigenvalue weighted by molar-refractivity contribution is -0.121. The van der Waals surface area contributed by atoms with Gasteiger partial charge in [-0.05, 0) is 32.0 Å². The van der Waals surface area contributed by atoms with Crippen LogP contribution in [0.1, 0.15) is 30.9 Å². The van der Waals surface area contributed by atoms with Crippen LogP contribution in [0.3, 0.4) is 0 Å². The summed E-state index contributed by atoms with van der Waals surface area (Å²) in [5.74, 6) is 1.68. The second-order valence-electron chi connectivity index (χ2n) is 5.29. The van der Waals surface area contributed by atoms with E-state index in [0.717, 1.165) is 29.9 Å². The average Bonchev–Trinajstić information content (AvgIpc) is 3.16. The fourth-order valence-corrected chi connectivity index (χ4v) is 2.31. The van der Waals surface area contributed by atoms with Gasteiger partial charge in [-0.1, -0.05) is 0 Å². The van der Waals surface area contributed by atoms with Crippen molar-refractivity contribution in [2.24, 2.45) is 0 Å². The van der Waals surface area contributed by atoms with Gasteiger partial charge < -0.3 is 20.1 Å². The van der Waals surface area contributed by atoms with E-state index in [9.17, 15) is 4.79 Å². The summed E-state index contributed by atoms with van der Waals surface area (Å²) >= 11 is 0. The van der Waals surface area contributed by atoms with Crippen molar-refractivity contribution in [1.29, 1.82) is 0 Å². The molecule has 1 atom stereocenters. The van der Waals surface area contributed by atoms with E-state index in [1.54, 1.807) is 0 Å². The fourth-order valence-electron chi connectivity index (χ4n) is 2.31. The second-order valence-corrected chi connectivity index (χ2v) is 5.29. The zero-order valence-corrected chi connectivity index (χ0v) is 11.6. The average molecular weight is 276 g/mol. The summed E-state index contributed by atoms with van der Waals surface area (Å²) in [6, 6.07) is 6.50. The molecule has 0 saturated heterocycles. The minimum absolute atomic E-state index is 0.0696. The molecule has 3 rings (SSSR count). The highest BCUT2D eigenvalue weighted by atomic mass is 16.5. The van der Waals surface area contributed by atoms with E-state index >= 15 is 0 Å². The number of carbonyl (C=O) groups is 1. The largest absolute Gasteiger partial charge is 0.493 e. The summed E-state index contributed by atoms with van der Waals surface area (Å²) in [6.07, 6.45) is 2.62. The molecular weight excluding hydrogens is 256 g/mol. The highest BCUT2D eigenvalue weighted by Crippen LogP contribution is 2.34. The summed E-state index contributed by atoms with van der Waals surface area (Å²) in [5, 5.41) is 6.15. The standard InChI is InChI=1S/C15H20N2O3/c1-16-13-9-20-14-8-11(4-5-12(13)14)19-7-6-15(18)17-10-2-3-10/h4-5,8,10,13,16H,2-3,6-7,9H2,1H3,(H,17,18). The Morgan fingerprint density at radius 2 is 2.30 bits per heavy atom. The molecule has 1 aliphatic heterocycles. The summed E-state index contributed by atoms with van der Waals surface area (Å²) < 4.78 is 11.2. The van der Waals surface area contributed by atoms with Gasteiger partial charge in [0.25, 0.3) is 0 Å². The SMILES string of the molecule is CNC1COc2cc(OCCC(=O)NC3CC3)ccc21. The molecule has 0 radical (unpaired) electrons. The number of nitrogens with one attached hydrogen (secondary N) is 2. The lowest BCUT2D eigenvalue weighted by Crippen LogP contribution is -2.26. The second kappa shape index (κ2) is 5.71. The van der Waals surface area contributed by atoms with Crippen molar-refractivity contribution >= 4 is 5.91 Å². The van der Waals surface area contributed by atoms with Crippen LogP contribution in [-0.2, 0) is 4.79 Å². The van der Waals surface area contributed by atoms with Gasteiger partial charge in [0.1, 0.15) is 18.1 Å². The number of ether oxygens (including phenoxy) is 2. The van der Waals surface area contributed by atoms with Gasteiger partial charge in [-0.15, -0.1) is 0 Å². The van der Waals surface area contributed by atoms with Crippen molar-refractivity contribution in [3.05, 3.63) is 23.8 Å². The van der Waals surface area contributed by atoms with Gasteiger partial charge >= 0.3 is 0 Å². The molecule has 5 heteroatoms. The number of rotatable bonds is 6. The van der Waals surface area contributed by atoms with Crippen molar-refractivity contribution in [2.45, 2.75) is 31.3 Å². The molecule has 1 saturated carbocycles. The van der Waals surface area contributed by atoms with Crippen molar-refractivity contribution < 1.29 is 14.3 Å². The first-order valence-electron chi connectivity index (χ1n) is 7.12. The van der Waals surface area contributed by atoms with Crippen LogP contribution in [0.15, 0.2) is 18.2 Å². The molecule has 108 valence electrons. The number of hydrogen-bond acceptors (Lipinski definition) is 4. The number of likely N-dealkylation sites (N-methyl/N-ethyl adjacent to an activating group) is 1. The summed E-state index contributed by atoms with van der Waals surface area (Å²) in [6.45, 7) is 1.05. The number of carbonyl (C=O) groups excluding carboxylic acids is 1. The number of fused-ring (bicyclic) bond motifs is 1. The summed E-state index contributed by atoms with van der Waals surface area (Å²) in [4.78, 5) is 11.5. The quantitative estimate of drug-likeness (QED) is 0.824. The molecule has 1 aromatic carbocycles. The molecule has 0 aromatic heterocycles.